The summed E-state index contributed by atoms with van der Waals surface area (Å²) in [6, 6.07) is 47.6. The summed E-state index contributed by atoms with van der Waals surface area (Å²) in [5, 5.41) is 7.80. The fourth-order valence-electron chi connectivity index (χ4n) is 5.80. The van der Waals surface area contributed by atoms with E-state index in [1.165, 1.54) is 66.1 Å². The van der Waals surface area contributed by atoms with E-state index >= 15 is 0 Å². The molecule has 0 aliphatic heterocycles. The van der Waals surface area contributed by atoms with E-state index in [4.69, 9.17) is 0 Å². The number of aryl methyl sites for hydroxylation is 2. The molecule has 41 heavy (non-hydrogen) atoms. The summed E-state index contributed by atoms with van der Waals surface area (Å²) in [5.74, 6) is 0. The van der Waals surface area contributed by atoms with Gasteiger partial charge in [0, 0.05) is 22.2 Å². The Hall–Kier alpha value is -3.65. The van der Waals surface area contributed by atoms with Crippen LogP contribution in [0.1, 0.15) is 11.4 Å². The zero-order valence-corrected chi connectivity index (χ0v) is 26.4. The first-order valence-electron chi connectivity index (χ1n) is 13.4. The van der Waals surface area contributed by atoms with E-state index < -0.39 is 0 Å². The van der Waals surface area contributed by atoms with Crippen molar-refractivity contribution in [2.24, 2.45) is 0 Å². The predicted octanol–water partition coefficient (Wildman–Crippen LogP) is 10.6. The molecule has 199 valence electrons. The molecule has 0 amide bonds. The van der Waals surface area contributed by atoms with Gasteiger partial charge in [-0.1, -0.05) is 48.5 Å². The number of aromatic nitrogens is 2. The molecule has 0 spiro atoms. The first-order valence-corrected chi connectivity index (χ1v) is 13.9. The van der Waals surface area contributed by atoms with Crippen LogP contribution in [0.3, 0.4) is 0 Å². The van der Waals surface area contributed by atoms with Crippen molar-refractivity contribution in [3.63, 3.8) is 0 Å². The summed E-state index contributed by atoms with van der Waals surface area (Å²) in [7, 11) is 0. The summed E-state index contributed by atoms with van der Waals surface area (Å²) < 4.78 is 4.66. The van der Waals surface area contributed by atoms with Crippen molar-refractivity contribution in [1.29, 1.82) is 0 Å². The van der Waals surface area contributed by atoms with Crippen LogP contribution in [0.2, 0.25) is 0 Å². The number of fused-ring (bicyclic) bond motifs is 4. The Morgan fingerprint density at radius 2 is 0.829 bits per heavy atom. The van der Waals surface area contributed by atoms with Crippen LogP contribution in [-0.4, -0.2) is 9.13 Å². The third-order valence-electron chi connectivity index (χ3n) is 7.51. The maximum absolute atomic E-state index is 4.39. The number of benzene rings is 4. The van der Waals surface area contributed by atoms with E-state index in [-0.39, 0.29) is 26.2 Å². The quantitative estimate of drug-likeness (QED) is 0.169. The molecule has 2 heterocycles. The zero-order chi connectivity index (χ0) is 27.6. The zero-order valence-electron chi connectivity index (χ0n) is 23.2. The molecule has 0 fully saturated rings. The number of nitrogens with zero attached hydrogens (tertiary/aromatic N) is 2. The Morgan fingerprint density at radius 1 is 0.488 bits per heavy atom. The predicted molar refractivity (Wildman–Crippen MR) is 173 cm³/mol. The van der Waals surface area contributed by atoms with Gasteiger partial charge in [-0.15, -0.1) is 82.2 Å². The van der Waals surface area contributed by atoms with Crippen molar-refractivity contribution in [3.05, 3.63) is 151 Å². The Balaban J connectivity index is 0.000000152. The number of hydrogen-bond acceptors (Lipinski definition) is 0. The van der Waals surface area contributed by atoms with Gasteiger partial charge < -0.3 is 20.7 Å². The number of para-hydroxylation sites is 2. The monoisotopic (exact) mass is 627 g/mol. The van der Waals surface area contributed by atoms with E-state index in [0.717, 1.165) is 0 Å². The Bertz CT molecular complexity index is 1850. The minimum absolute atomic E-state index is 0. The standard InChI is InChI=1S/2C18H14N.CH2Cl.Zr/c2*1-13-10-16-8-4-5-9-18(16)19(13)17-11-14-6-2-3-7-15(14)12-17;1-2;/h2*2-12H,1H3;1H2;/q3*-1;+3. The van der Waals surface area contributed by atoms with E-state index in [2.05, 4.69) is 174 Å². The van der Waals surface area contributed by atoms with Crippen LogP contribution in [0, 0.1) is 20.2 Å². The maximum Gasteiger partial charge on any atom is 3.00 e. The Kier molecular flexibility index (Phi) is 8.78. The molecule has 8 aromatic rings. The van der Waals surface area contributed by atoms with Gasteiger partial charge in [0.05, 0.1) is 11.0 Å². The summed E-state index contributed by atoms with van der Waals surface area (Å²) in [5.41, 5.74) is 7.60. The SMILES string of the molecule is Cc1cc2ccccc2n1-c1cc2ccccc2[cH-]1.Cc1cc2ccccc2n1-c1cc2ccccc2[cH-]1.[CH2-]Cl.[Zr+3]. The third-order valence-corrected chi connectivity index (χ3v) is 7.51. The van der Waals surface area contributed by atoms with Crippen LogP contribution in [0.5, 0.6) is 0 Å². The maximum atomic E-state index is 4.39. The van der Waals surface area contributed by atoms with Gasteiger partial charge in [0.2, 0.25) is 0 Å². The van der Waals surface area contributed by atoms with E-state index in [1.807, 2.05) is 0 Å². The van der Waals surface area contributed by atoms with Crippen LogP contribution < -0.4 is 0 Å². The number of halogens is 1. The van der Waals surface area contributed by atoms with E-state index in [1.54, 1.807) is 0 Å². The van der Waals surface area contributed by atoms with Gasteiger partial charge >= 0.3 is 26.2 Å². The van der Waals surface area contributed by atoms with Crippen molar-refractivity contribution in [2.75, 3.05) is 0 Å². The van der Waals surface area contributed by atoms with Gasteiger partial charge in [-0.3, -0.25) is 6.38 Å². The second-order valence-corrected chi connectivity index (χ2v) is 10.0. The summed E-state index contributed by atoms with van der Waals surface area (Å²) >= 11 is 4.39. The van der Waals surface area contributed by atoms with Crippen LogP contribution in [0.25, 0.3) is 54.7 Å². The average molecular weight is 629 g/mol. The van der Waals surface area contributed by atoms with Crippen molar-refractivity contribution in [3.8, 4) is 11.4 Å². The fourth-order valence-corrected chi connectivity index (χ4v) is 5.80. The van der Waals surface area contributed by atoms with Crippen LogP contribution in [0.4, 0.5) is 0 Å². The van der Waals surface area contributed by atoms with Crippen molar-refractivity contribution in [2.45, 2.75) is 13.8 Å². The minimum atomic E-state index is 0. The molecule has 6 aromatic carbocycles. The molecule has 1 radical (unpaired) electrons. The average Bonchev–Trinajstić information content (AvgIpc) is 3.75. The number of hydrogen-bond donors (Lipinski definition) is 0. The van der Waals surface area contributed by atoms with Gasteiger partial charge in [0.25, 0.3) is 0 Å². The molecule has 0 saturated heterocycles. The molecule has 0 bridgehead atoms. The largest absolute Gasteiger partial charge is 3.00 e. The molecule has 0 saturated carbocycles. The molecule has 0 aliphatic rings. The Labute approximate surface area is 265 Å². The van der Waals surface area contributed by atoms with E-state index in [9.17, 15) is 0 Å². The van der Waals surface area contributed by atoms with Crippen LogP contribution in [-0.2, 0) is 26.2 Å². The normalized spacial score (nSPS) is 10.7. The van der Waals surface area contributed by atoms with Gasteiger partial charge in [0.1, 0.15) is 0 Å². The smallest absolute Gasteiger partial charge is 0.352 e. The van der Waals surface area contributed by atoms with Crippen molar-refractivity contribution >= 4 is 55.0 Å². The summed E-state index contributed by atoms with van der Waals surface area (Å²) in [6.07, 6.45) is 2.72. The topological polar surface area (TPSA) is 9.86 Å². The molecule has 0 atom stereocenters. The third kappa shape index (κ3) is 5.50. The van der Waals surface area contributed by atoms with Gasteiger partial charge in [0.15, 0.2) is 0 Å². The molecule has 0 unspecified atom stereocenters. The Morgan fingerprint density at radius 3 is 1.22 bits per heavy atom. The van der Waals surface area contributed by atoms with Gasteiger partial charge in [-0.25, -0.2) is 0 Å². The summed E-state index contributed by atoms with van der Waals surface area (Å²) in [6.45, 7) is 4.33. The van der Waals surface area contributed by atoms with Crippen LogP contribution in [0.15, 0.2) is 133 Å². The first kappa shape index (κ1) is 28.9. The molecule has 2 nitrogen and oxygen atoms in total. The van der Waals surface area contributed by atoms with Crippen molar-refractivity contribution < 1.29 is 26.2 Å². The molecule has 0 N–H and O–H groups in total. The van der Waals surface area contributed by atoms with Gasteiger partial charge in [-0.2, -0.15) is 0 Å². The number of rotatable bonds is 2. The molecule has 4 heteroatoms. The first-order chi connectivity index (χ1) is 19.7. The molecule has 0 aliphatic carbocycles. The van der Waals surface area contributed by atoms with Crippen molar-refractivity contribution in [1.82, 2.24) is 9.13 Å². The molecular weight excluding hydrogens is 599 g/mol. The van der Waals surface area contributed by atoms with E-state index in [0.29, 0.717) is 0 Å². The summed E-state index contributed by atoms with van der Waals surface area (Å²) in [4.78, 5) is 0. The molecular formula is C37H30ClN2Zr. The molecule has 8 rings (SSSR count). The minimum Gasteiger partial charge on any atom is -0.352 e. The second kappa shape index (κ2) is 12.5. The second-order valence-electron chi connectivity index (χ2n) is 10.0. The van der Waals surface area contributed by atoms with Crippen LogP contribution >= 0.6 is 11.6 Å². The molecule has 2 aromatic heterocycles. The van der Waals surface area contributed by atoms with Gasteiger partial charge in [-0.05, 0) is 49.5 Å². The fraction of sp³-hybridized carbons (Fsp3) is 0.0541.